The maximum absolute atomic E-state index is 9.45. The van der Waals surface area contributed by atoms with Gasteiger partial charge in [0.05, 0.1) is 6.45 Å². The Kier molecular flexibility index (Phi) is 6.70. The fraction of sp³-hybridized carbons (Fsp3) is 0.200. The van der Waals surface area contributed by atoms with Gasteiger partial charge in [-0.05, 0) is 33.7 Å². The number of rotatable bonds is 7. The van der Waals surface area contributed by atoms with E-state index in [0.29, 0.717) is 42.5 Å². The van der Waals surface area contributed by atoms with Crippen LogP contribution in [0.15, 0.2) is 65.8 Å². The Morgan fingerprint density at radius 1 is 1.24 bits per heavy atom. The van der Waals surface area contributed by atoms with Crippen LogP contribution in [0.25, 0.3) is 0 Å². The van der Waals surface area contributed by atoms with Gasteiger partial charge in [-0.15, -0.1) is 0 Å². The molecule has 0 bridgehead atoms. The lowest BCUT2D eigenvalue weighted by atomic mass is 10.1. The molecule has 1 N–H and O–H groups in total. The van der Waals surface area contributed by atoms with Gasteiger partial charge < -0.3 is 19.1 Å². The standard InChI is InChI=1S/C15H16IO4P/c1-11-7-13(10-19-21-16)20-14(8-17)15(11)18-9-12-5-3-2-4-6-12/h2-7,17,21H,1,8-10H2. The van der Waals surface area contributed by atoms with Crippen LogP contribution >= 0.6 is 28.5 Å². The fourth-order valence-corrected chi connectivity index (χ4v) is 2.51. The minimum Gasteiger partial charge on any atom is -0.485 e. The maximum atomic E-state index is 9.45. The molecule has 0 radical (unpaired) electrons. The summed E-state index contributed by atoms with van der Waals surface area (Å²) in [4.78, 5) is 0. The summed E-state index contributed by atoms with van der Waals surface area (Å²) in [6, 6.07) is 9.80. The molecule has 1 aromatic carbocycles. The zero-order valence-electron chi connectivity index (χ0n) is 11.3. The molecule has 21 heavy (non-hydrogen) atoms. The van der Waals surface area contributed by atoms with Crippen molar-refractivity contribution in [3.8, 4) is 0 Å². The zero-order chi connectivity index (χ0) is 15.1. The summed E-state index contributed by atoms with van der Waals surface area (Å²) < 4.78 is 16.7. The van der Waals surface area contributed by atoms with Gasteiger partial charge in [-0.25, -0.2) is 0 Å². The first-order valence-electron chi connectivity index (χ1n) is 6.30. The van der Waals surface area contributed by atoms with Crippen LogP contribution in [0, 0.1) is 0 Å². The molecule has 1 aromatic rings. The fourth-order valence-electron chi connectivity index (χ4n) is 1.85. The van der Waals surface area contributed by atoms with Gasteiger partial charge in [0.2, 0.25) is 0 Å². The van der Waals surface area contributed by atoms with E-state index >= 15 is 0 Å². The van der Waals surface area contributed by atoms with Gasteiger partial charge in [-0.2, -0.15) is 0 Å². The van der Waals surface area contributed by atoms with E-state index in [9.17, 15) is 5.11 Å². The van der Waals surface area contributed by atoms with E-state index in [1.165, 1.54) is 0 Å². The lowest BCUT2D eigenvalue weighted by Gasteiger charge is -2.22. The second kappa shape index (κ2) is 8.54. The van der Waals surface area contributed by atoms with E-state index in [1.54, 1.807) is 6.08 Å². The van der Waals surface area contributed by atoms with E-state index in [0.717, 1.165) is 5.56 Å². The van der Waals surface area contributed by atoms with E-state index in [4.69, 9.17) is 14.0 Å². The summed E-state index contributed by atoms with van der Waals surface area (Å²) in [5, 5.41) is 9.45. The molecule has 0 spiro atoms. The third-order valence-corrected chi connectivity index (χ3v) is 3.96. The highest BCUT2D eigenvalue weighted by Crippen LogP contribution is 2.29. The Bertz CT molecular complexity index is 554. The lowest BCUT2D eigenvalue weighted by molar-refractivity contribution is 0.135. The number of aliphatic hydroxyl groups is 1. The first-order valence-corrected chi connectivity index (χ1v) is 10.3. The highest BCUT2D eigenvalue weighted by molar-refractivity contribution is 14.2. The van der Waals surface area contributed by atoms with Crippen molar-refractivity contribution in [2.24, 2.45) is 0 Å². The summed E-state index contributed by atoms with van der Waals surface area (Å²) in [7, 11) is 0. The molecule has 1 heterocycles. The molecule has 0 aromatic heterocycles. The molecule has 0 saturated carbocycles. The average molecular weight is 418 g/mol. The van der Waals surface area contributed by atoms with Crippen LogP contribution in [0.1, 0.15) is 5.56 Å². The SMILES string of the molecule is C=C1C=C(COPI)OC(CO)=C1OCc1ccccc1. The topological polar surface area (TPSA) is 47.9 Å². The van der Waals surface area contributed by atoms with Crippen molar-refractivity contribution in [1.82, 2.24) is 0 Å². The number of hydrogen-bond donors (Lipinski definition) is 1. The van der Waals surface area contributed by atoms with Crippen molar-refractivity contribution in [1.29, 1.82) is 0 Å². The summed E-state index contributed by atoms with van der Waals surface area (Å²) in [5.74, 6) is 1.48. The Morgan fingerprint density at radius 3 is 2.67 bits per heavy atom. The molecule has 1 unspecified atom stereocenters. The van der Waals surface area contributed by atoms with E-state index in [-0.39, 0.29) is 6.61 Å². The molecule has 1 atom stereocenters. The Morgan fingerprint density at radius 2 is 2.00 bits per heavy atom. The van der Waals surface area contributed by atoms with Gasteiger partial charge in [0, 0.05) is 5.57 Å². The highest BCUT2D eigenvalue weighted by Gasteiger charge is 2.20. The van der Waals surface area contributed by atoms with Crippen LogP contribution in [0.4, 0.5) is 0 Å². The summed E-state index contributed by atoms with van der Waals surface area (Å²) in [6.45, 7) is 4.82. The van der Waals surface area contributed by atoms with Gasteiger partial charge in [-0.1, -0.05) is 36.9 Å². The van der Waals surface area contributed by atoms with E-state index in [2.05, 4.69) is 28.6 Å². The number of halogens is 1. The van der Waals surface area contributed by atoms with E-state index < -0.39 is 0 Å². The molecular weight excluding hydrogens is 402 g/mol. The van der Waals surface area contributed by atoms with Gasteiger partial charge in [0.25, 0.3) is 0 Å². The van der Waals surface area contributed by atoms with E-state index in [1.807, 2.05) is 30.3 Å². The van der Waals surface area contributed by atoms with Crippen molar-refractivity contribution < 1.29 is 19.1 Å². The van der Waals surface area contributed by atoms with Crippen LogP contribution in [-0.4, -0.2) is 18.3 Å². The molecule has 1 aliphatic rings. The summed E-state index contributed by atoms with van der Waals surface area (Å²) in [5.41, 5.74) is 1.72. The normalized spacial score (nSPS) is 15.3. The number of benzene rings is 1. The molecule has 4 nitrogen and oxygen atoms in total. The van der Waals surface area contributed by atoms with Crippen molar-refractivity contribution >= 4 is 28.5 Å². The number of aliphatic hydroxyl groups excluding tert-OH is 1. The van der Waals surface area contributed by atoms with Gasteiger partial charge in [-0.3, -0.25) is 0 Å². The Hall–Kier alpha value is -0.880. The zero-order valence-corrected chi connectivity index (χ0v) is 14.5. The second-order valence-electron chi connectivity index (χ2n) is 4.29. The maximum Gasteiger partial charge on any atom is 0.171 e. The van der Waals surface area contributed by atoms with Crippen LogP contribution in [0.2, 0.25) is 0 Å². The first-order chi connectivity index (χ1) is 10.2. The third kappa shape index (κ3) is 4.81. The molecule has 0 aliphatic carbocycles. The molecule has 0 amide bonds. The molecule has 112 valence electrons. The van der Waals surface area contributed by atoms with Crippen LogP contribution < -0.4 is 0 Å². The van der Waals surface area contributed by atoms with Crippen molar-refractivity contribution in [3.63, 3.8) is 0 Å². The number of ether oxygens (including phenoxy) is 2. The number of hydrogen-bond acceptors (Lipinski definition) is 4. The minimum absolute atomic E-state index is 0.243. The highest BCUT2D eigenvalue weighted by atomic mass is 127. The predicted molar refractivity (Wildman–Crippen MR) is 91.9 cm³/mol. The smallest absolute Gasteiger partial charge is 0.171 e. The molecule has 1 aliphatic heterocycles. The molecule has 6 heteroatoms. The lowest BCUT2D eigenvalue weighted by Crippen LogP contribution is -2.13. The molecule has 2 rings (SSSR count). The van der Waals surface area contributed by atoms with Crippen molar-refractivity contribution in [2.45, 2.75) is 6.61 Å². The largest absolute Gasteiger partial charge is 0.485 e. The Balaban J connectivity index is 2.03. The van der Waals surface area contributed by atoms with Gasteiger partial charge in [0.15, 0.2) is 11.5 Å². The second-order valence-corrected chi connectivity index (χ2v) is 6.05. The van der Waals surface area contributed by atoms with Crippen molar-refractivity contribution in [2.75, 3.05) is 13.2 Å². The first kappa shape index (κ1) is 16.5. The average Bonchev–Trinajstić information content (AvgIpc) is 2.52. The quantitative estimate of drug-likeness (QED) is 0.540. The monoisotopic (exact) mass is 418 g/mol. The molecule has 0 saturated heterocycles. The van der Waals surface area contributed by atoms with Crippen LogP contribution in [0.3, 0.4) is 0 Å². The van der Waals surface area contributed by atoms with Crippen LogP contribution in [0.5, 0.6) is 0 Å². The van der Waals surface area contributed by atoms with Gasteiger partial charge in [0.1, 0.15) is 25.6 Å². The minimum atomic E-state index is -0.243. The molecule has 0 fully saturated rings. The number of allylic oxidation sites excluding steroid dienone is 1. The Labute approximate surface area is 138 Å². The van der Waals surface area contributed by atoms with Crippen molar-refractivity contribution in [3.05, 3.63) is 71.4 Å². The van der Waals surface area contributed by atoms with Gasteiger partial charge >= 0.3 is 0 Å². The third-order valence-electron chi connectivity index (χ3n) is 2.77. The summed E-state index contributed by atoms with van der Waals surface area (Å²) in [6.07, 6.45) is 1.77. The van der Waals surface area contributed by atoms with Crippen LogP contribution in [-0.2, 0) is 20.6 Å². The molecular formula is C15H16IO4P. The predicted octanol–water partition coefficient (Wildman–Crippen LogP) is 3.84. The summed E-state index contributed by atoms with van der Waals surface area (Å²) >= 11 is 2.14.